The molecular weight excluding hydrogens is 300 g/mol. The Labute approximate surface area is 145 Å². The first-order chi connectivity index (χ1) is 11.5. The highest BCUT2D eigenvalue weighted by Gasteiger charge is 2.34. The number of carbonyl (C=O) groups is 1. The van der Waals surface area contributed by atoms with Crippen LogP contribution in [-0.4, -0.2) is 24.1 Å². The Morgan fingerprint density at radius 1 is 1.29 bits per heavy atom. The highest BCUT2D eigenvalue weighted by Crippen LogP contribution is 2.33. The summed E-state index contributed by atoms with van der Waals surface area (Å²) in [4.78, 5) is 12.5. The molecule has 3 rings (SSSR count). The smallest absolute Gasteiger partial charge is 0.224 e. The third kappa shape index (κ3) is 4.37. The number of hydrogen-bond acceptors (Lipinski definition) is 3. The number of carbonyl (C=O) groups excluding carboxylic acids is 1. The van der Waals surface area contributed by atoms with Crippen LogP contribution in [0.3, 0.4) is 0 Å². The summed E-state index contributed by atoms with van der Waals surface area (Å²) in [6.45, 7) is 6.71. The van der Waals surface area contributed by atoms with Crippen LogP contribution < -0.4 is 10.6 Å². The summed E-state index contributed by atoms with van der Waals surface area (Å²) in [5, 5.41) is 6.76. The average Bonchev–Trinajstić information content (AvgIpc) is 2.87. The van der Waals surface area contributed by atoms with Crippen LogP contribution >= 0.6 is 0 Å². The number of fused-ring (bicyclic) bond motifs is 2. The van der Waals surface area contributed by atoms with E-state index < -0.39 is 0 Å². The summed E-state index contributed by atoms with van der Waals surface area (Å²) in [6.07, 6.45) is 5.69. The van der Waals surface area contributed by atoms with E-state index in [4.69, 9.17) is 4.74 Å². The maximum Gasteiger partial charge on any atom is 0.224 e. The summed E-state index contributed by atoms with van der Waals surface area (Å²) >= 11 is 0. The van der Waals surface area contributed by atoms with Gasteiger partial charge in [0.1, 0.15) is 0 Å². The monoisotopic (exact) mass is 330 g/mol. The van der Waals surface area contributed by atoms with Crippen molar-refractivity contribution >= 4 is 11.6 Å². The van der Waals surface area contributed by atoms with Crippen LogP contribution in [-0.2, 0) is 16.1 Å². The maximum atomic E-state index is 12.5. The van der Waals surface area contributed by atoms with Crippen molar-refractivity contribution < 1.29 is 9.53 Å². The van der Waals surface area contributed by atoms with E-state index in [9.17, 15) is 4.79 Å². The van der Waals surface area contributed by atoms with Crippen molar-refractivity contribution in [3.8, 4) is 0 Å². The second kappa shape index (κ2) is 7.66. The number of rotatable bonds is 6. The fourth-order valence-corrected chi connectivity index (χ4v) is 4.04. The first-order valence-electron chi connectivity index (χ1n) is 9.27. The van der Waals surface area contributed by atoms with Gasteiger partial charge >= 0.3 is 0 Å². The number of nitrogens with one attached hydrogen (secondary N) is 2. The fraction of sp³-hybridized carbons (Fsp3) is 0.650. The molecule has 24 heavy (non-hydrogen) atoms. The molecule has 0 radical (unpaired) electrons. The van der Waals surface area contributed by atoms with Gasteiger partial charge in [-0.1, -0.05) is 12.1 Å². The molecule has 2 heterocycles. The molecule has 1 unspecified atom stereocenters. The van der Waals surface area contributed by atoms with Gasteiger partial charge in [0.2, 0.25) is 5.91 Å². The van der Waals surface area contributed by atoms with Gasteiger partial charge < -0.3 is 15.4 Å². The molecule has 0 aliphatic carbocycles. The summed E-state index contributed by atoms with van der Waals surface area (Å²) < 4.78 is 5.70. The zero-order valence-electron chi connectivity index (χ0n) is 15.1. The normalized spacial score (nSPS) is 25.9. The van der Waals surface area contributed by atoms with Crippen molar-refractivity contribution in [2.24, 2.45) is 5.92 Å². The number of benzene rings is 1. The van der Waals surface area contributed by atoms with Crippen LogP contribution in [0.1, 0.15) is 57.1 Å². The van der Waals surface area contributed by atoms with Crippen LogP contribution in [0.25, 0.3) is 0 Å². The van der Waals surface area contributed by atoms with Crippen molar-refractivity contribution in [1.82, 2.24) is 5.32 Å². The molecular formula is C20H30N2O2. The number of amides is 1. The summed E-state index contributed by atoms with van der Waals surface area (Å²) in [7, 11) is 0. The Morgan fingerprint density at radius 2 is 2.00 bits per heavy atom. The van der Waals surface area contributed by atoms with E-state index in [0.717, 1.165) is 29.7 Å². The van der Waals surface area contributed by atoms with Crippen molar-refractivity contribution in [2.75, 3.05) is 5.32 Å². The van der Waals surface area contributed by atoms with E-state index in [1.807, 2.05) is 26.0 Å². The van der Waals surface area contributed by atoms with Gasteiger partial charge in [-0.25, -0.2) is 0 Å². The Morgan fingerprint density at radius 3 is 2.67 bits per heavy atom. The highest BCUT2D eigenvalue weighted by atomic mass is 16.5. The van der Waals surface area contributed by atoms with E-state index in [1.165, 1.54) is 12.8 Å². The summed E-state index contributed by atoms with van der Waals surface area (Å²) in [5.41, 5.74) is 3.17. The van der Waals surface area contributed by atoms with Crippen LogP contribution in [0, 0.1) is 12.8 Å². The predicted octanol–water partition coefficient (Wildman–Crippen LogP) is 3.78. The van der Waals surface area contributed by atoms with Crippen LogP contribution in [0.2, 0.25) is 0 Å². The second-order valence-electron chi connectivity index (χ2n) is 7.68. The minimum atomic E-state index is 0.145. The van der Waals surface area contributed by atoms with E-state index in [0.29, 0.717) is 31.0 Å². The Kier molecular flexibility index (Phi) is 5.57. The number of piperidine rings is 1. The molecule has 0 spiro atoms. The zero-order chi connectivity index (χ0) is 17.1. The van der Waals surface area contributed by atoms with Crippen LogP contribution in [0.5, 0.6) is 0 Å². The predicted molar refractivity (Wildman–Crippen MR) is 97.0 cm³/mol. The second-order valence-corrected chi connectivity index (χ2v) is 7.68. The lowest BCUT2D eigenvalue weighted by molar-refractivity contribution is -0.117. The number of hydrogen-bond donors (Lipinski definition) is 2. The molecule has 2 bridgehead atoms. The van der Waals surface area contributed by atoms with Crippen molar-refractivity contribution in [2.45, 2.75) is 77.7 Å². The van der Waals surface area contributed by atoms with Gasteiger partial charge in [0.15, 0.2) is 0 Å². The molecule has 1 aromatic rings. The lowest BCUT2D eigenvalue weighted by Gasteiger charge is -2.28. The molecule has 2 N–H and O–H groups in total. The van der Waals surface area contributed by atoms with Gasteiger partial charge in [-0.2, -0.15) is 0 Å². The average molecular weight is 330 g/mol. The molecule has 1 aromatic carbocycles. The van der Waals surface area contributed by atoms with Gasteiger partial charge in [0.25, 0.3) is 0 Å². The molecule has 0 saturated carbocycles. The third-order valence-corrected chi connectivity index (χ3v) is 5.34. The molecule has 3 atom stereocenters. The van der Waals surface area contributed by atoms with E-state index in [2.05, 4.69) is 23.6 Å². The Bertz CT molecular complexity index is 573. The molecule has 2 saturated heterocycles. The molecule has 4 nitrogen and oxygen atoms in total. The van der Waals surface area contributed by atoms with Gasteiger partial charge in [0.05, 0.1) is 12.7 Å². The van der Waals surface area contributed by atoms with Gasteiger partial charge in [-0.05, 0) is 69.6 Å². The Balaban J connectivity index is 1.57. The standard InChI is InChI=1S/C20H30N2O2/c1-13(2)24-12-16-5-4-6-19(14(16)3)22-20(23)11-15-9-17-7-8-18(10-15)21-17/h4-6,13,15,17-18,21H,7-12H2,1-3H3,(H,22,23)/t15?,17-,18+. The summed E-state index contributed by atoms with van der Waals surface area (Å²) in [6, 6.07) is 7.32. The molecule has 132 valence electrons. The molecule has 2 aliphatic rings. The van der Waals surface area contributed by atoms with Gasteiger partial charge in [-0.15, -0.1) is 0 Å². The Hall–Kier alpha value is -1.39. The first kappa shape index (κ1) is 17.4. The van der Waals surface area contributed by atoms with E-state index in [1.54, 1.807) is 0 Å². The molecule has 2 aliphatic heterocycles. The largest absolute Gasteiger partial charge is 0.374 e. The molecule has 2 fully saturated rings. The minimum absolute atomic E-state index is 0.145. The molecule has 4 heteroatoms. The van der Waals surface area contributed by atoms with E-state index >= 15 is 0 Å². The molecule has 0 aromatic heterocycles. The van der Waals surface area contributed by atoms with Gasteiger partial charge in [-0.3, -0.25) is 4.79 Å². The topological polar surface area (TPSA) is 50.4 Å². The van der Waals surface area contributed by atoms with Crippen molar-refractivity contribution in [1.29, 1.82) is 0 Å². The van der Waals surface area contributed by atoms with E-state index in [-0.39, 0.29) is 12.0 Å². The maximum absolute atomic E-state index is 12.5. The van der Waals surface area contributed by atoms with Crippen LogP contribution in [0.4, 0.5) is 5.69 Å². The molecule has 1 amide bonds. The first-order valence-corrected chi connectivity index (χ1v) is 9.27. The SMILES string of the molecule is Cc1c(COC(C)C)cccc1NC(=O)CC1C[C@H]2CC[C@@H](C1)N2. The van der Waals surface area contributed by atoms with Crippen LogP contribution in [0.15, 0.2) is 18.2 Å². The van der Waals surface area contributed by atoms with Gasteiger partial charge in [0, 0.05) is 24.2 Å². The third-order valence-electron chi connectivity index (χ3n) is 5.34. The number of anilines is 1. The van der Waals surface area contributed by atoms with Crippen molar-refractivity contribution in [3.63, 3.8) is 0 Å². The summed E-state index contributed by atoms with van der Waals surface area (Å²) in [5.74, 6) is 0.669. The lowest BCUT2D eigenvalue weighted by Crippen LogP contribution is -2.39. The highest BCUT2D eigenvalue weighted by molar-refractivity contribution is 5.91. The quantitative estimate of drug-likeness (QED) is 0.834. The van der Waals surface area contributed by atoms with Crippen molar-refractivity contribution in [3.05, 3.63) is 29.3 Å². The zero-order valence-corrected chi connectivity index (χ0v) is 15.1. The number of ether oxygens (including phenoxy) is 1. The fourth-order valence-electron chi connectivity index (χ4n) is 4.04. The minimum Gasteiger partial charge on any atom is -0.374 e. The lowest BCUT2D eigenvalue weighted by atomic mass is 9.89.